The topological polar surface area (TPSA) is 100 Å². The number of carbonyl (C=O) groups is 2. The highest BCUT2D eigenvalue weighted by Gasteiger charge is 2.10. The van der Waals surface area contributed by atoms with Crippen LogP contribution in [0.5, 0.6) is 0 Å². The van der Waals surface area contributed by atoms with Crippen molar-refractivity contribution in [2.45, 2.75) is 6.42 Å². The Hall–Kier alpha value is -4.06. The number of H-pyrrole nitrogens is 1. The summed E-state index contributed by atoms with van der Waals surface area (Å²) in [6, 6.07) is 24.1. The lowest BCUT2D eigenvalue weighted by molar-refractivity contribution is 0.0949. The van der Waals surface area contributed by atoms with E-state index in [0.717, 1.165) is 16.5 Å². The molecule has 0 aliphatic heterocycles. The molecule has 0 spiro atoms. The standard InChI is InChI=1S/C24H22N4O2/c25-19-6-2-4-8-21(19)28-23(29)17-11-9-16(10-12-17)13-14-26-24(30)22-15-18-5-1-3-7-20(18)27-22/h1-12,15,27H,13-14,25H2,(H,26,30)(H,28,29). The van der Waals surface area contributed by atoms with Crippen molar-refractivity contribution in [1.29, 1.82) is 0 Å². The number of nitrogens with one attached hydrogen (secondary N) is 3. The van der Waals surface area contributed by atoms with E-state index in [-0.39, 0.29) is 11.8 Å². The van der Waals surface area contributed by atoms with Crippen LogP contribution in [0.2, 0.25) is 0 Å². The van der Waals surface area contributed by atoms with Crippen LogP contribution in [-0.4, -0.2) is 23.3 Å². The molecule has 0 bridgehead atoms. The first-order valence-corrected chi connectivity index (χ1v) is 9.71. The Morgan fingerprint density at radius 1 is 0.867 bits per heavy atom. The highest BCUT2D eigenvalue weighted by atomic mass is 16.2. The van der Waals surface area contributed by atoms with Gasteiger partial charge in [-0.2, -0.15) is 0 Å². The van der Waals surface area contributed by atoms with E-state index in [1.54, 1.807) is 24.3 Å². The van der Waals surface area contributed by atoms with Crippen molar-refractivity contribution >= 4 is 34.1 Å². The minimum absolute atomic E-state index is 0.136. The Morgan fingerprint density at radius 3 is 2.37 bits per heavy atom. The van der Waals surface area contributed by atoms with Gasteiger partial charge in [0.05, 0.1) is 11.4 Å². The maximum Gasteiger partial charge on any atom is 0.267 e. The molecule has 150 valence electrons. The lowest BCUT2D eigenvalue weighted by atomic mass is 10.1. The van der Waals surface area contributed by atoms with Gasteiger partial charge in [0.1, 0.15) is 5.69 Å². The van der Waals surface area contributed by atoms with E-state index in [4.69, 9.17) is 5.73 Å². The first-order chi connectivity index (χ1) is 14.6. The molecule has 5 N–H and O–H groups in total. The number of rotatable bonds is 6. The van der Waals surface area contributed by atoms with Gasteiger partial charge in [0, 0.05) is 23.0 Å². The molecular weight excluding hydrogens is 376 g/mol. The number of carbonyl (C=O) groups excluding carboxylic acids is 2. The normalized spacial score (nSPS) is 10.7. The second kappa shape index (κ2) is 8.53. The molecule has 0 aliphatic rings. The Kier molecular flexibility index (Phi) is 5.48. The highest BCUT2D eigenvalue weighted by molar-refractivity contribution is 6.05. The number of hydrogen-bond acceptors (Lipinski definition) is 3. The predicted octanol–water partition coefficient (Wildman–Crippen LogP) is 3.97. The molecule has 0 saturated carbocycles. The second-order valence-corrected chi connectivity index (χ2v) is 7.01. The fraction of sp³-hybridized carbons (Fsp3) is 0.0833. The van der Waals surface area contributed by atoms with Crippen molar-refractivity contribution in [2.75, 3.05) is 17.6 Å². The van der Waals surface area contributed by atoms with E-state index in [2.05, 4.69) is 15.6 Å². The van der Waals surface area contributed by atoms with Crippen LogP contribution in [0.3, 0.4) is 0 Å². The number of anilines is 2. The third-order valence-electron chi connectivity index (χ3n) is 4.90. The summed E-state index contributed by atoms with van der Waals surface area (Å²) < 4.78 is 0. The fourth-order valence-corrected chi connectivity index (χ4v) is 3.24. The third kappa shape index (κ3) is 4.33. The van der Waals surface area contributed by atoms with E-state index in [0.29, 0.717) is 35.6 Å². The van der Waals surface area contributed by atoms with Gasteiger partial charge < -0.3 is 21.4 Å². The van der Waals surface area contributed by atoms with Gasteiger partial charge in [-0.1, -0.05) is 42.5 Å². The quantitative estimate of drug-likeness (QED) is 0.370. The summed E-state index contributed by atoms with van der Waals surface area (Å²) in [4.78, 5) is 27.9. The fourth-order valence-electron chi connectivity index (χ4n) is 3.24. The molecule has 3 aromatic carbocycles. The number of para-hydroxylation sites is 3. The van der Waals surface area contributed by atoms with Crippen molar-refractivity contribution in [3.8, 4) is 0 Å². The van der Waals surface area contributed by atoms with Gasteiger partial charge in [-0.3, -0.25) is 9.59 Å². The number of amides is 2. The molecule has 6 heteroatoms. The van der Waals surface area contributed by atoms with Crippen LogP contribution >= 0.6 is 0 Å². The number of hydrogen-bond donors (Lipinski definition) is 4. The number of aromatic amines is 1. The number of nitrogens with two attached hydrogens (primary N) is 1. The van der Waals surface area contributed by atoms with Gasteiger partial charge in [-0.25, -0.2) is 0 Å². The summed E-state index contributed by atoms with van der Waals surface area (Å²) >= 11 is 0. The van der Waals surface area contributed by atoms with E-state index in [9.17, 15) is 9.59 Å². The SMILES string of the molecule is Nc1ccccc1NC(=O)c1ccc(CCNC(=O)c2cc3ccccc3[nH]2)cc1. The highest BCUT2D eigenvalue weighted by Crippen LogP contribution is 2.18. The van der Waals surface area contributed by atoms with Crippen molar-refractivity contribution in [3.05, 3.63) is 95.7 Å². The van der Waals surface area contributed by atoms with E-state index >= 15 is 0 Å². The van der Waals surface area contributed by atoms with Gasteiger partial charge >= 0.3 is 0 Å². The third-order valence-corrected chi connectivity index (χ3v) is 4.90. The van der Waals surface area contributed by atoms with Gasteiger partial charge in [0.25, 0.3) is 11.8 Å². The van der Waals surface area contributed by atoms with E-state index in [1.807, 2.05) is 54.6 Å². The monoisotopic (exact) mass is 398 g/mol. The molecule has 2 amide bonds. The van der Waals surface area contributed by atoms with Crippen LogP contribution < -0.4 is 16.4 Å². The molecule has 1 aromatic heterocycles. The molecule has 0 atom stereocenters. The average molecular weight is 398 g/mol. The van der Waals surface area contributed by atoms with Crippen molar-refractivity contribution < 1.29 is 9.59 Å². The molecule has 4 rings (SSSR count). The molecule has 6 nitrogen and oxygen atoms in total. The zero-order valence-corrected chi connectivity index (χ0v) is 16.3. The van der Waals surface area contributed by atoms with Gasteiger partial charge in [0.2, 0.25) is 0 Å². The van der Waals surface area contributed by atoms with Crippen molar-refractivity contribution in [2.24, 2.45) is 0 Å². The summed E-state index contributed by atoms with van der Waals surface area (Å²) in [5, 5.41) is 6.74. The van der Waals surface area contributed by atoms with Gasteiger partial charge in [-0.05, 0) is 48.4 Å². The number of nitrogen functional groups attached to an aromatic ring is 1. The zero-order chi connectivity index (χ0) is 20.9. The van der Waals surface area contributed by atoms with E-state index < -0.39 is 0 Å². The van der Waals surface area contributed by atoms with Crippen LogP contribution in [0, 0.1) is 0 Å². The Labute approximate surface area is 174 Å². The van der Waals surface area contributed by atoms with Crippen molar-refractivity contribution in [3.63, 3.8) is 0 Å². The summed E-state index contributed by atoms with van der Waals surface area (Å²) in [5.41, 5.74) is 10.0. The summed E-state index contributed by atoms with van der Waals surface area (Å²) in [5.74, 6) is -0.353. The maximum absolute atomic E-state index is 12.4. The molecule has 30 heavy (non-hydrogen) atoms. The lowest BCUT2D eigenvalue weighted by Crippen LogP contribution is -2.25. The predicted molar refractivity (Wildman–Crippen MR) is 120 cm³/mol. The molecule has 0 fully saturated rings. The summed E-state index contributed by atoms with van der Waals surface area (Å²) in [6.45, 7) is 0.500. The van der Waals surface area contributed by atoms with Gasteiger partial charge in [0.15, 0.2) is 0 Å². The summed E-state index contributed by atoms with van der Waals surface area (Å²) in [7, 11) is 0. The first kappa shape index (κ1) is 19.3. The molecule has 0 aliphatic carbocycles. The summed E-state index contributed by atoms with van der Waals surface area (Å²) in [6.07, 6.45) is 0.666. The molecule has 0 radical (unpaired) electrons. The van der Waals surface area contributed by atoms with Gasteiger partial charge in [-0.15, -0.1) is 0 Å². The molecule has 1 heterocycles. The van der Waals surface area contributed by atoms with Crippen LogP contribution in [0.25, 0.3) is 10.9 Å². The second-order valence-electron chi connectivity index (χ2n) is 7.01. The Balaban J connectivity index is 1.30. The molecule has 4 aromatic rings. The molecule has 0 saturated heterocycles. The Bertz CT molecular complexity index is 1160. The minimum Gasteiger partial charge on any atom is -0.397 e. The van der Waals surface area contributed by atoms with Crippen LogP contribution in [-0.2, 0) is 6.42 Å². The minimum atomic E-state index is -0.216. The zero-order valence-electron chi connectivity index (χ0n) is 16.3. The average Bonchev–Trinajstić information content (AvgIpc) is 3.20. The lowest BCUT2D eigenvalue weighted by Gasteiger charge is -2.09. The largest absolute Gasteiger partial charge is 0.397 e. The maximum atomic E-state index is 12.4. The smallest absolute Gasteiger partial charge is 0.267 e. The molecular formula is C24H22N4O2. The van der Waals surface area contributed by atoms with E-state index in [1.165, 1.54) is 0 Å². The molecule has 0 unspecified atom stereocenters. The Morgan fingerprint density at radius 2 is 1.60 bits per heavy atom. The van der Waals surface area contributed by atoms with Crippen LogP contribution in [0.4, 0.5) is 11.4 Å². The first-order valence-electron chi connectivity index (χ1n) is 9.71. The van der Waals surface area contributed by atoms with Crippen LogP contribution in [0.15, 0.2) is 78.9 Å². The number of fused-ring (bicyclic) bond motifs is 1. The number of benzene rings is 3. The number of aromatic nitrogens is 1. The van der Waals surface area contributed by atoms with Crippen molar-refractivity contribution in [1.82, 2.24) is 10.3 Å². The van der Waals surface area contributed by atoms with Crippen LogP contribution in [0.1, 0.15) is 26.4 Å².